The standard InChI is InChI=1S/C15H20N2O2/c1-11-13(19-2)17(10-12-6-4-3-5-7-12)15(11)8-9-16-14(15)18/h3-7,11,13H,8-10H2,1-2H3,(H,16,18)/t11-,13?,15+/m0/s1. The molecule has 4 heteroatoms. The molecule has 2 fully saturated rings. The number of likely N-dealkylation sites (tertiary alicyclic amines) is 1. The number of rotatable bonds is 3. The predicted octanol–water partition coefficient (Wildman–Crippen LogP) is 1.37. The van der Waals surface area contributed by atoms with Gasteiger partial charge in [-0.05, 0) is 12.0 Å². The zero-order valence-electron chi connectivity index (χ0n) is 11.4. The first kappa shape index (κ1) is 12.6. The highest BCUT2D eigenvalue weighted by atomic mass is 16.5. The van der Waals surface area contributed by atoms with Crippen LogP contribution in [0.25, 0.3) is 0 Å². The van der Waals surface area contributed by atoms with Crippen molar-refractivity contribution < 1.29 is 9.53 Å². The first-order chi connectivity index (χ1) is 9.20. The van der Waals surface area contributed by atoms with Crippen molar-refractivity contribution in [2.75, 3.05) is 13.7 Å². The molecule has 1 amide bonds. The van der Waals surface area contributed by atoms with Crippen LogP contribution in [0, 0.1) is 5.92 Å². The average Bonchev–Trinajstić information content (AvgIpc) is 2.84. The van der Waals surface area contributed by atoms with Gasteiger partial charge in [0.25, 0.3) is 0 Å². The fraction of sp³-hybridized carbons (Fsp3) is 0.533. The zero-order valence-corrected chi connectivity index (χ0v) is 11.4. The first-order valence-electron chi connectivity index (χ1n) is 6.82. The zero-order chi connectivity index (χ0) is 13.5. The maximum atomic E-state index is 12.2. The molecule has 1 aromatic carbocycles. The highest BCUT2D eigenvalue weighted by Gasteiger charge is 2.64. The number of benzene rings is 1. The molecule has 4 nitrogen and oxygen atoms in total. The molecule has 102 valence electrons. The van der Waals surface area contributed by atoms with E-state index in [0.29, 0.717) is 0 Å². The fourth-order valence-corrected chi connectivity index (χ4v) is 3.60. The van der Waals surface area contributed by atoms with Gasteiger partial charge < -0.3 is 10.1 Å². The van der Waals surface area contributed by atoms with Gasteiger partial charge in [0, 0.05) is 26.1 Å². The van der Waals surface area contributed by atoms with Gasteiger partial charge in [-0.15, -0.1) is 0 Å². The van der Waals surface area contributed by atoms with Crippen LogP contribution in [0.5, 0.6) is 0 Å². The second-order valence-electron chi connectivity index (χ2n) is 5.46. The second-order valence-corrected chi connectivity index (χ2v) is 5.46. The Morgan fingerprint density at radius 2 is 2.16 bits per heavy atom. The number of methoxy groups -OCH3 is 1. The van der Waals surface area contributed by atoms with Gasteiger partial charge in [-0.1, -0.05) is 37.3 Å². The van der Waals surface area contributed by atoms with Crippen LogP contribution in [0.4, 0.5) is 0 Å². The summed E-state index contributed by atoms with van der Waals surface area (Å²) in [5.41, 5.74) is 0.854. The van der Waals surface area contributed by atoms with Gasteiger partial charge in [0.05, 0.1) is 0 Å². The molecule has 1 unspecified atom stereocenters. The Morgan fingerprint density at radius 1 is 1.42 bits per heavy atom. The fourth-order valence-electron chi connectivity index (χ4n) is 3.60. The molecule has 19 heavy (non-hydrogen) atoms. The molecular formula is C15H20N2O2. The molecule has 0 aromatic heterocycles. The summed E-state index contributed by atoms with van der Waals surface area (Å²) in [5.74, 6) is 0.396. The van der Waals surface area contributed by atoms with Gasteiger partial charge in [0.2, 0.25) is 5.91 Å². The van der Waals surface area contributed by atoms with Gasteiger partial charge in [-0.25, -0.2) is 0 Å². The molecule has 2 aliphatic rings. The van der Waals surface area contributed by atoms with Crippen LogP contribution in [0.15, 0.2) is 30.3 Å². The van der Waals surface area contributed by atoms with Crippen molar-refractivity contribution in [3.8, 4) is 0 Å². The lowest BCUT2D eigenvalue weighted by Gasteiger charge is -2.59. The molecular weight excluding hydrogens is 240 g/mol. The highest BCUT2D eigenvalue weighted by Crippen LogP contribution is 2.47. The van der Waals surface area contributed by atoms with E-state index in [9.17, 15) is 4.79 Å². The maximum absolute atomic E-state index is 12.2. The number of carbonyl (C=O) groups excluding carboxylic acids is 1. The van der Waals surface area contributed by atoms with Crippen LogP contribution in [0.2, 0.25) is 0 Å². The van der Waals surface area contributed by atoms with Crippen LogP contribution < -0.4 is 5.32 Å². The summed E-state index contributed by atoms with van der Waals surface area (Å²) in [6, 6.07) is 10.3. The van der Waals surface area contributed by atoms with Crippen LogP contribution in [0.3, 0.4) is 0 Å². The summed E-state index contributed by atoms with van der Waals surface area (Å²) >= 11 is 0. The van der Waals surface area contributed by atoms with Gasteiger partial charge >= 0.3 is 0 Å². The summed E-state index contributed by atoms with van der Waals surface area (Å²) in [5, 5.41) is 2.97. The molecule has 1 aromatic rings. The highest BCUT2D eigenvalue weighted by molar-refractivity contribution is 5.90. The lowest BCUT2D eigenvalue weighted by atomic mass is 9.71. The minimum Gasteiger partial charge on any atom is -0.366 e. The van der Waals surface area contributed by atoms with Crippen LogP contribution in [-0.2, 0) is 16.1 Å². The van der Waals surface area contributed by atoms with Crippen molar-refractivity contribution in [1.29, 1.82) is 0 Å². The van der Waals surface area contributed by atoms with Crippen molar-refractivity contribution in [2.45, 2.75) is 31.7 Å². The van der Waals surface area contributed by atoms with E-state index in [1.807, 2.05) is 18.2 Å². The van der Waals surface area contributed by atoms with E-state index in [2.05, 4.69) is 29.3 Å². The number of hydrogen-bond acceptors (Lipinski definition) is 3. The minimum absolute atomic E-state index is 0.0315. The van der Waals surface area contributed by atoms with E-state index in [4.69, 9.17) is 4.74 Å². The van der Waals surface area contributed by atoms with Crippen molar-refractivity contribution in [3.63, 3.8) is 0 Å². The lowest BCUT2D eigenvalue weighted by Crippen LogP contribution is -2.75. The van der Waals surface area contributed by atoms with Crippen LogP contribution in [-0.4, -0.2) is 36.2 Å². The largest absolute Gasteiger partial charge is 0.366 e. The number of carbonyl (C=O) groups is 1. The molecule has 3 rings (SSSR count). The second kappa shape index (κ2) is 4.62. The lowest BCUT2D eigenvalue weighted by molar-refractivity contribution is -0.234. The molecule has 2 saturated heterocycles. The van der Waals surface area contributed by atoms with Gasteiger partial charge in [-0.3, -0.25) is 9.69 Å². The molecule has 0 radical (unpaired) electrons. The minimum atomic E-state index is -0.365. The van der Waals surface area contributed by atoms with E-state index in [1.165, 1.54) is 5.56 Å². The number of amides is 1. The molecule has 2 heterocycles. The first-order valence-corrected chi connectivity index (χ1v) is 6.82. The molecule has 0 saturated carbocycles. The van der Waals surface area contributed by atoms with Crippen molar-refractivity contribution in [2.24, 2.45) is 5.92 Å². The Kier molecular flexibility index (Phi) is 3.07. The van der Waals surface area contributed by atoms with E-state index < -0.39 is 0 Å². The van der Waals surface area contributed by atoms with E-state index >= 15 is 0 Å². The third-order valence-corrected chi connectivity index (χ3v) is 4.62. The molecule has 1 spiro atoms. The predicted molar refractivity (Wildman–Crippen MR) is 72.3 cm³/mol. The van der Waals surface area contributed by atoms with E-state index in [0.717, 1.165) is 19.5 Å². The van der Waals surface area contributed by atoms with Crippen molar-refractivity contribution in [1.82, 2.24) is 10.2 Å². The number of ether oxygens (including phenoxy) is 1. The SMILES string of the molecule is COC1[C@H](C)[C@@]2(CCNC2=O)N1Cc1ccccc1. The van der Waals surface area contributed by atoms with Crippen LogP contribution in [0.1, 0.15) is 18.9 Å². The van der Waals surface area contributed by atoms with E-state index in [-0.39, 0.29) is 23.6 Å². The van der Waals surface area contributed by atoms with Gasteiger partial charge in [0.1, 0.15) is 11.8 Å². The Morgan fingerprint density at radius 3 is 2.74 bits per heavy atom. The summed E-state index contributed by atoms with van der Waals surface area (Å²) in [6.45, 7) is 3.64. The smallest absolute Gasteiger partial charge is 0.241 e. The van der Waals surface area contributed by atoms with Gasteiger partial charge in [0.15, 0.2) is 0 Å². The summed E-state index contributed by atoms with van der Waals surface area (Å²) in [7, 11) is 1.72. The third-order valence-electron chi connectivity index (χ3n) is 4.62. The quantitative estimate of drug-likeness (QED) is 0.892. The van der Waals surface area contributed by atoms with Crippen molar-refractivity contribution >= 4 is 5.91 Å². The summed E-state index contributed by atoms with van der Waals surface area (Å²) < 4.78 is 5.56. The van der Waals surface area contributed by atoms with Gasteiger partial charge in [-0.2, -0.15) is 0 Å². The summed E-state index contributed by atoms with van der Waals surface area (Å²) in [4.78, 5) is 14.4. The number of nitrogens with one attached hydrogen (secondary N) is 1. The molecule has 2 aliphatic heterocycles. The topological polar surface area (TPSA) is 41.6 Å². The van der Waals surface area contributed by atoms with Crippen molar-refractivity contribution in [3.05, 3.63) is 35.9 Å². The van der Waals surface area contributed by atoms with E-state index in [1.54, 1.807) is 7.11 Å². The number of nitrogens with zero attached hydrogens (tertiary/aromatic N) is 1. The Bertz CT molecular complexity index is 476. The average molecular weight is 260 g/mol. The monoisotopic (exact) mass is 260 g/mol. The Hall–Kier alpha value is -1.39. The molecule has 0 bridgehead atoms. The number of hydrogen-bond donors (Lipinski definition) is 1. The molecule has 3 atom stereocenters. The molecule has 0 aliphatic carbocycles. The normalized spacial score (nSPS) is 34.3. The maximum Gasteiger partial charge on any atom is 0.241 e. The third kappa shape index (κ3) is 1.70. The Labute approximate surface area is 113 Å². The molecule has 1 N–H and O–H groups in total. The van der Waals surface area contributed by atoms with Crippen LogP contribution >= 0.6 is 0 Å². The Balaban J connectivity index is 1.86. The summed E-state index contributed by atoms with van der Waals surface area (Å²) in [6.07, 6.45) is 0.906.